The predicted octanol–water partition coefficient (Wildman–Crippen LogP) is 2.92. The van der Waals surface area contributed by atoms with Gasteiger partial charge in [-0.2, -0.15) is 0 Å². The first-order valence-electron chi connectivity index (χ1n) is 10.3. The summed E-state index contributed by atoms with van der Waals surface area (Å²) in [6.45, 7) is 6.58. The Hall–Kier alpha value is -3.40. The molecule has 3 N–H and O–H groups in total. The van der Waals surface area contributed by atoms with Crippen LogP contribution in [0.15, 0.2) is 54.0 Å². The van der Waals surface area contributed by atoms with E-state index in [1.807, 2.05) is 49.7 Å². The summed E-state index contributed by atoms with van der Waals surface area (Å²) in [5.41, 5.74) is 3.24. The third kappa shape index (κ3) is 4.59. The van der Waals surface area contributed by atoms with Crippen molar-refractivity contribution in [2.75, 3.05) is 5.32 Å². The zero-order valence-electron chi connectivity index (χ0n) is 18.5. The van der Waals surface area contributed by atoms with Gasteiger partial charge in [-0.25, -0.2) is 9.97 Å². The third-order valence-electron chi connectivity index (χ3n) is 5.45. The average Bonchev–Trinajstić information content (AvgIpc) is 3.35. The van der Waals surface area contributed by atoms with Gasteiger partial charge in [0.05, 0.1) is 12.6 Å². The minimum absolute atomic E-state index is 0.0656. The number of carbonyl (C=O) groups is 1. The molecule has 0 saturated heterocycles. The minimum atomic E-state index is -0.262. The van der Waals surface area contributed by atoms with Crippen molar-refractivity contribution in [3.8, 4) is 11.5 Å². The fourth-order valence-corrected chi connectivity index (χ4v) is 4.37. The van der Waals surface area contributed by atoms with Gasteiger partial charge in [-0.05, 0) is 50.4 Å². The normalized spacial score (nSPS) is 18.6. The van der Waals surface area contributed by atoms with Crippen LogP contribution in [0.3, 0.4) is 0 Å². The van der Waals surface area contributed by atoms with Crippen molar-refractivity contribution in [3.05, 3.63) is 65.3 Å². The lowest BCUT2D eigenvalue weighted by Gasteiger charge is -2.32. The van der Waals surface area contributed by atoms with Gasteiger partial charge in [0.1, 0.15) is 16.9 Å². The van der Waals surface area contributed by atoms with Crippen LogP contribution in [0.25, 0.3) is 11.5 Å². The molecule has 1 aliphatic rings. The molecule has 3 heterocycles. The number of carbonyl (C=O) groups excluding carboxylic acids is 1. The van der Waals surface area contributed by atoms with Gasteiger partial charge in [0.25, 0.3) is 5.91 Å². The summed E-state index contributed by atoms with van der Waals surface area (Å²) in [6.07, 6.45) is 3.16. The molecular weight excluding hydrogens is 424 g/mol. The van der Waals surface area contributed by atoms with Gasteiger partial charge < -0.3 is 20.5 Å². The Bertz CT molecular complexity index is 1150. The van der Waals surface area contributed by atoms with Crippen molar-refractivity contribution in [2.24, 2.45) is 7.05 Å². The second-order valence-corrected chi connectivity index (χ2v) is 9.19. The van der Waals surface area contributed by atoms with E-state index in [4.69, 9.17) is 0 Å². The van der Waals surface area contributed by atoms with Crippen LogP contribution in [0.1, 0.15) is 37.0 Å². The summed E-state index contributed by atoms with van der Waals surface area (Å²) >= 11 is 1.69. The highest BCUT2D eigenvalue weighted by molar-refractivity contribution is 8.03. The largest absolute Gasteiger partial charge is 0.378 e. The Morgan fingerprint density at radius 1 is 1.31 bits per heavy atom. The predicted molar refractivity (Wildman–Crippen MR) is 126 cm³/mol. The van der Waals surface area contributed by atoms with E-state index in [-0.39, 0.29) is 16.8 Å². The summed E-state index contributed by atoms with van der Waals surface area (Å²) in [7, 11) is 1.89. The standard InChI is InChI=1S/C22H26N8OS/c1-14-12-32-22(3,27-14)15(2)26-21(31)16-6-5-7-17(10-16)24-11-19-28-29-20(30(19)4)18-8-9-23-13-25-18/h5-10,12-13,15,24,27H,11H2,1-4H3,(H,26,31). The average molecular weight is 451 g/mol. The van der Waals surface area contributed by atoms with Gasteiger partial charge in [0.15, 0.2) is 11.6 Å². The van der Waals surface area contributed by atoms with Crippen LogP contribution < -0.4 is 16.0 Å². The van der Waals surface area contributed by atoms with Crippen LogP contribution in [-0.4, -0.2) is 41.6 Å². The molecule has 4 rings (SSSR count). The lowest BCUT2D eigenvalue weighted by Crippen LogP contribution is -2.53. The van der Waals surface area contributed by atoms with E-state index < -0.39 is 0 Å². The monoisotopic (exact) mass is 450 g/mol. The molecule has 0 aliphatic carbocycles. The van der Waals surface area contributed by atoms with Crippen LogP contribution >= 0.6 is 11.8 Å². The number of hydrogen-bond donors (Lipinski definition) is 3. The summed E-state index contributed by atoms with van der Waals surface area (Å²) in [5, 5.41) is 20.4. The quantitative estimate of drug-likeness (QED) is 0.504. The SMILES string of the molecule is CC1=CSC(C)(C(C)NC(=O)c2cccc(NCc3nnc(-c4ccncn4)n3C)c2)N1. The van der Waals surface area contributed by atoms with Crippen LogP contribution in [0.2, 0.25) is 0 Å². The second-order valence-electron chi connectivity index (χ2n) is 7.87. The molecule has 9 nitrogen and oxygen atoms in total. The number of hydrogen-bond acceptors (Lipinski definition) is 8. The Balaban J connectivity index is 1.39. The first-order valence-corrected chi connectivity index (χ1v) is 11.2. The molecule has 2 atom stereocenters. The van der Waals surface area contributed by atoms with E-state index >= 15 is 0 Å². The number of benzene rings is 1. The van der Waals surface area contributed by atoms with Gasteiger partial charge in [-0.15, -0.1) is 22.0 Å². The van der Waals surface area contributed by atoms with Crippen LogP contribution in [0, 0.1) is 0 Å². The molecule has 1 amide bonds. The fourth-order valence-electron chi connectivity index (χ4n) is 3.40. The van der Waals surface area contributed by atoms with E-state index in [2.05, 4.69) is 48.4 Å². The molecule has 1 aromatic carbocycles. The number of rotatable bonds is 7. The number of aromatic nitrogens is 5. The summed E-state index contributed by atoms with van der Waals surface area (Å²) < 4.78 is 1.89. The van der Waals surface area contributed by atoms with Crippen molar-refractivity contribution >= 4 is 23.4 Å². The van der Waals surface area contributed by atoms with Gasteiger partial charge in [-0.1, -0.05) is 6.07 Å². The molecule has 2 aromatic heterocycles. The number of anilines is 1. The molecule has 0 bridgehead atoms. The Morgan fingerprint density at radius 2 is 2.16 bits per heavy atom. The van der Waals surface area contributed by atoms with Crippen LogP contribution in [0.5, 0.6) is 0 Å². The van der Waals surface area contributed by atoms with Gasteiger partial charge in [0.2, 0.25) is 0 Å². The number of amides is 1. The molecule has 0 spiro atoms. The molecule has 0 radical (unpaired) electrons. The summed E-state index contributed by atoms with van der Waals surface area (Å²) in [6, 6.07) is 9.16. The molecule has 166 valence electrons. The Labute approximate surface area is 191 Å². The Morgan fingerprint density at radius 3 is 2.88 bits per heavy atom. The van der Waals surface area contributed by atoms with Crippen LogP contribution in [0.4, 0.5) is 5.69 Å². The van der Waals surface area contributed by atoms with Crippen molar-refractivity contribution < 1.29 is 4.79 Å². The summed E-state index contributed by atoms with van der Waals surface area (Å²) in [4.78, 5) is 20.7. The minimum Gasteiger partial charge on any atom is -0.378 e. The molecule has 1 aliphatic heterocycles. The Kier molecular flexibility index (Phi) is 6.13. The second kappa shape index (κ2) is 8.99. The van der Waals surface area contributed by atoms with E-state index in [1.165, 1.54) is 6.33 Å². The lowest BCUT2D eigenvalue weighted by atomic mass is 10.1. The number of nitrogens with zero attached hydrogens (tertiary/aromatic N) is 5. The molecule has 0 saturated carbocycles. The highest BCUT2D eigenvalue weighted by Crippen LogP contribution is 2.34. The highest BCUT2D eigenvalue weighted by Gasteiger charge is 2.35. The lowest BCUT2D eigenvalue weighted by molar-refractivity contribution is 0.0930. The number of nitrogens with one attached hydrogen (secondary N) is 3. The first kappa shape index (κ1) is 21.8. The first-order chi connectivity index (χ1) is 15.4. The highest BCUT2D eigenvalue weighted by atomic mass is 32.2. The molecule has 10 heteroatoms. The van der Waals surface area contributed by atoms with E-state index in [0.29, 0.717) is 23.6 Å². The summed E-state index contributed by atoms with van der Waals surface area (Å²) in [5.74, 6) is 1.31. The molecule has 32 heavy (non-hydrogen) atoms. The molecule has 2 unspecified atom stereocenters. The van der Waals surface area contributed by atoms with Crippen LogP contribution in [-0.2, 0) is 13.6 Å². The van der Waals surface area contributed by atoms with Crippen molar-refractivity contribution in [1.29, 1.82) is 0 Å². The fraction of sp³-hybridized carbons (Fsp3) is 0.318. The molecule has 3 aromatic rings. The van der Waals surface area contributed by atoms with E-state index in [9.17, 15) is 4.79 Å². The maximum Gasteiger partial charge on any atom is 0.251 e. The van der Waals surface area contributed by atoms with Crippen molar-refractivity contribution in [3.63, 3.8) is 0 Å². The molecular formula is C22H26N8OS. The maximum atomic E-state index is 12.8. The maximum absolute atomic E-state index is 12.8. The van der Waals surface area contributed by atoms with E-state index in [0.717, 1.165) is 17.2 Å². The topological polar surface area (TPSA) is 110 Å². The molecule has 0 fully saturated rings. The number of thioether (sulfide) groups is 1. The van der Waals surface area contributed by atoms with Gasteiger partial charge in [0, 0.05) is 30.2 Å². The zero-order valence-corrected chi connectivity index (χ0v) is 19.3. The van der Waals surface area contributed by atoms with Gasteiger partial charge in [-0.3, -0.25) is 4.79 Å². The third-order valence-corrected chi connectivity index (χ3v) is 6.87. The van der Waals surface area contributed by atoms with Gasteiger partial charge >= 0.3 is 0 Å². The zero-order chi connectivity index (χ0) is 22.7. The van der Waals surface area contributed by atoms with Crippen molar-refractivity contribution in [2.45, 2.75) is 38.2 Å². The van der Waals surface area contributed by atoms with Crippen molar-refractivity contribution in [1.82, 2.24) is 35.4 Å². The van der Waals surface area contributed by atoms with E-state index in [1.54, 1.807) is 24.0 Å². The smallest absolute Gasteiger partial charge is 0.251 e. The number of allylic oxidation sites excluding steroid dienone is 1.